The van der Waals surface area contributed by atoms with Crippen LogP contribution in [0.15, 0.2) is 0 Å². The molecule has 1 N–H and O–H groups in total. The number of hydrogen-bond acceptors (Lipinski definition) is 4. The summed E-state index contributed by atoms with van der Waals surface area (Å²) in [5.74, 6) is -2.04. The van der Waals surface area contributed by atoms with Crippen molar-refractivity contribution in [3.05, 3.63) is 0 Å². The minimum absolute atomic E-state index is 0.223. The van der Waals surface area contributed by atoms with Gasteiger partial charge in [-0.2, -0.15) is 18.4 Å². The summed E-state index contributed by atoms with van der Waals surface area (Å²) in [7, 11) is -3.27. The molecule has 0 bridgehead atoms. The molecule has 1 atom stereocenters. The van der Waals surface area contributed by atoms with E-state index in [0.29, 0.717) is 13.0 Å². The van der Waals surface area contributed by atoms with E-state index in [9.17, 15) is 21.6 Å². The SMILES string of the molecule is CCN(CCCNCC(C#N)C(F)(F)F)S(C)(=O)=O. The summed E-state index contributed by atoms with van der Waals surface area (Å²) >= 11 is 0. The topological polar surface area (TPSA) is 73.2 Å². The van der Waals surface area contributed by atoms with E-state index in [2.05, 4.69) is 5.32 Å². The highest BCUT2D eigenvalue weighted by molar-refractivity contribution is 7.88. The van der Waals surface area contributed by atoms with Crippen molar-refractivity contribution in [2.75, 3.05) is 32.4 Å². The molecule has 0 heterocycles. The third kappa shape index (κ3) is 7.34. The zero-order valence-corrected chi connectivity index (χ0v) is 11.7. The van der Waals surface area contributed by atoms with Gasteiger partial charge in [-0.1, -0.05) is 6.92 Å². The van der Waals surface area contributed by atoms with Crippen LogP contribution in [0.5, 0.6) is 0 Å². The van der Waals surface area contributed by atoms with Crippen LogP contribution >= 0.6 is 0 Å². The maximum Gasteiger partial charge on any atom is 0.405 e. The zero-order chi connectivity index (χ0) is 15.1. The molecule has 0 amide bonds. The number of nitrogens with zero attached hydrogens (tertiary/aromatic N) is 2. The second-order valence-electron chi connectivity index (χ2n) is 4.04. The Morgan fingerprint density at radius 3 is 2.37 bits per heavy atom. The van der Waals surface area contributed by atoms with Crippen LogP contribution in [0.3, 0.4) is 0 Å². The van der Waals surface area contributed by atoms with Crippen molar-refractivity contribution in [1.29, 1.82) is 5.26 Å². The molecule has 0 spiro atoms. The minimum atomic E-state index is -4.54. The minimum Gasteiger partial charge on any atom is -0.315 e. The first kappa shape index (κ1) is 18.1. The average molecular weight is 301 g/mol. The third-order valence-corrected chi connectivity index (χ3v) is 3.86. The van der Waals surface area contributed by atoms with Gasteiger partial charge in [0.1, 0.15) is 0 Å². The quantitative estimate of drug-likeness (QED) is 0.677. The molecule has 0 aliphatic carbocycles. The lowest BCUT2D eigenvalue weighted by Gasteiger charge is -2.18. The monoisotopic (exact) mass is 301 g/mol. The largest absolute Gasteiger partial charge is 0.405 e. The fourth-order valence-corrected chi connectivity index (χ4v) is 2.35. The van der Waals surface area contributed by atoms with Gasteiger partial charge >= 0.3 is 6.18 Å². The van der Waals surface area contributed by atoms with Crippen LogP contribution in [0.4, 0.5) is 13.2 Å². The predicted molar refractivity (Wildman–Crippen MR) is 64.7 cm³/mol. The highest BCUT2D eigenvalue weighted by Crippen LogP contribution is 2.24. The molecule has 0 aromatic carbocycles. The Morgan fingerprint density at radius 1 is 1.42 bits per heavy atom. The van der Waals surface area contributed by atoms with E-state index in [1.165, 1.54) is 10.4 Å². The van der Waals surface area contributed by atoms with Crippen molar-refractivity contribution < 1.29 is 21.6 Å². The number of rotatable bonds is 8. The average Bonchev–Trinajstić information content (AvgIpc) is 2.24. The Morgan fingerprint density at radius 2 is 2.00 bits per heavy atom. The molecule has 5 nitrogen and oxygen atoms in total. The van der Waals surface area contributed by atoms with Crippen molar-refractivity contribution in [2.24, 2.45) is 5.92 Å². The Balaban J connectivity index is 3.98. The second kappa shape index (κ2) is 7.67. The maximum atomic E-state index is 12.2. The van der Waals surface area contributed by atoms with Crippen molar-refractivity contribution in [3.63, 3.8) is 0 Å². The van der Waals surface area contributed by atoms with E-state index in [-0.39, 0.29) is 13.1 Å². The standard InChI is InChI=1S/C10H18F3N3O2S/c1-3-16(19(2,17)18)6-4-5-15-8-9(7-14)10(11,12)13/h9,15H,3-6,8H2,1-2H3. The molecule has 0 aliphatic rings. The molecule has 0 saturated carbocycles. The molecule has 0 rings (SSSR count). The number of sulfonamides is 1. The van der Waals surface area contributed by atoms with Crippen LogP contribution < -0.4 is 5.32 Å². The van der Waals surface area contributed by atoms with Gasteiger partial charge in [0.25, 0.3) is 0 Å². The summed E-state index contributed by atoms with van der Waals surface area (Å²) in [5, 5.41) is 10.9. The van der Waals surface area contributed by atoms with Crippen molar-refractivity contribution in [3.8, 4) is 6.07 Å². The summed E-state index contributed by atoms with van der Waals surface area (Å²) in [6, 6.07) is 1.18. The highest BCUT2D eigenvalue weighted by Gasteiger charge is 2.39. The van der Waals surface area contributed by atoms with Gasteiger partial charge in [0.15, 0.2) is 5.92 Å². The number of hydrogen-bond donors (Lipinski definition) is 1. The summed E-state index contributed by atoms with van der Waals surface area (Å²) in [4.78, 5) is 0. The lowest BCUT2D eigenvalue weighted by molar-refractivity contribution is -0.157. The Labute approximate surface area is 111 Å². The molecular weight excluding hydrogens is 283 g/mol. The number of nitrogens with one attached hydrogen (secondary N) is 1. The van der Waals surface area contributed by atoms with Crippen LogP contribution in [-0.4, -0.2) is 51.3 Å². The predicted octanol–water partition coefficient (Wildman–Crippen LogP) is 0.950. The van der Waals surface area contributed by atoms with Gasteiger partial charge in [-0.25, -0.2) is 12.7 Å². The van der Waals surface area contributed by atoms with Crippen molar-refractivity contribution in [1.82, 2.24) is 9.62 Å². The lowest BCUT2D eigenvalue weighted by Crippen LogP contribution is -2.35. The van der Waals surface area contributed by atoms with E-state index in [1.54, 1.807) is 6.92 Å². The van der Waals surface area contributed by atoms with Gasteiger partial charge in [-0.15, -0.1) is 0 Å². The second-order valence-corrected chi connectivity index (χ2v) is 6.02. The van der Waals surface area contributed by atoms with Crippen LogP contribution in [-0.2, 0) is 10.0 Å². The first-order chi connectivity index (χ1) is 8.62. The van der Waals surface area contributed by atoms with E-state index in [1.807, 2.05) is 0 Å². The molecule has 1 unspecified atom stereocenters. The molecule has 0 aliphatic heterocycles. The Hall–Kier alpha value is -0.850. The van der Waals surface area contributed by atoms with Crippen LogP contribution in [0.25, 0.3) is 0 Å². The number of halogens is 3. The number of alkyl halides is 3. The van der Waals surface area contributed by atoms with Crippen molar-refractivity contribution in [2.45, 2.75) is 19.5 Å². The van der Waals surface area contributed by atoms with Gasteiger partial charge in [0.05, 0.1) is 12.3 Å². The van der Waals surface area contributed by atoms with Crippen LogP contribution in [0, 0.1) is 17.2 Å². The molecule has 0 aromatic rings. The first-order valence-electron chi connectivity index (χ1n) is 5.75. The fraction of sp³-hybridized carbons (Fsp3) is 0.900. The third-order valence-electron chi connectivity index (χ3n) is 2.48. The van der Waals surface area contributed by atoms with E-state index in [0.717, 1.165) is 6.26 Å². The normalized spacial score (nSPS) is 14.4. The zero-order valence-electron chi connectivity index (χ0n) is 10.9. The molecule has 0 radical (unpaired) electrons. The summed E-state index contributed by atoms with van der Waals surface area (Å²) in [5.41, 5.74) is 0. The summed E-state index contributed by atoms with van der Waals surface area (Å²) in [6.45, 7) is 1.99. The van der Waals surface area contributed by atoms with Gasteiger partial charge in [-0.3, -0.25) is 0 Å². The molecule has 0 fully saturated rings. The molecule has 112 valence electrons. The summed E-state index contributed by atoms with van der Waals surface area (Å²) < 4.78 is 60.3. The number of nitriles is 1. The van der Waals surface area contributed by atoms with Gasteiger partial charge in [0, 0.05) is 19.6 Å². The summed E-state index contributed by atoms with van der Waals surface area (Å²) in [6.07, 6.45) is -3.07. The first-order valence-corrected chi connectivity index (χ1v) is 7.60. The lowest BCUT2D eigenvalue weighted by atomic mass is 10.1. The Bertz CT molecular complexity index is 403. The molecule has 19 heavy (non-hydrogen) atoms. The molecular formula is C10H18F3N3O2S. The molecule has 0 aromatic heterocycles. The maximum absolute atomic E-state index is 12.2. The van der Waals surface area contributed by atoms with Crippen LogP contribution in [0.2, 0.25) is 0 Å². The van der Waals surface area contributed by atoms with Crippen LogP contribution in [0.1, 0.15) is 13.3 Å². The van der Waals surface area contributed by atoms with Gasteiger partial charge in [0.2, 0.25) is 10.0 Å². The highest BCUT2D eigenvalue weighted by atomic mass is 32.2. The Kier molecular flexibility index (Phi) is 7.33. The van der Waals surface area contributed by atoms with Gasteiger partial charge < -0.3 is 5.32 Å². The smallest absolute Gasteiger partial charge is 0.315 e. The van der Waals surface area contributed by atoms with E-state index < -0.39 is 28.7 Å². The van der Waals surface area contributed by atoms with Crippen molar-refractivity contribution >= 4 is 10.0 Å². The van der Waals surface area contributed by atoms with E-state index in [4.69, 9.17) is 5.26 Å². The van der Waals surface area contributed by atoms with Gasteiger partial charge in [-0.05, 0) is 13.0 Å². The molecule has 9 heteroatoms. The molecule has 0 saturated heterocycles. The fourth-order valence-electron chi connectivity index (χ4n) is 1.42. The van der Waals surface area contributed by atoms with E-state index >= 15 is 0 Å².